The van der Waals surface area contributed by atoms with Crippen molar-refractivity contribution in [3.05, 3.63) is 76.2 Å². The highest BCUT2D eigenvalue weighted by molar-refractivity contribution is 5.95. The molecule has 0 spiro atoms. The first-order chi connectivity index (χ1) is 17.8. The monoisotopic (exact) mass is 519 g/mol. The normalized spacial score (nSPS) is 15.2. The lowest BCUT2D eigenvalue weighted by Gasteiger charge is -2.19. The molecule has 2 aromatic carbocycles. The minimum atomic E-state index is -0.302. The van der Waals surface area contributed by atoms with Crippen LogP contribution in [-0.2, 0) is 6.42 Å². The number of halogens is 1. The standard InChI is InChI=1S/C29H31ClN4O3/c1-18(2)37-25-11-10-22(16-23(25)17-31)29(36)32-24(12-14-35)15-20-6-8-21(9-7-20)26-27(30)34-13-4-5-19(3)28(34)33-26/h4,6-11,13,16,18-19,24,30,35H,5,12,14-15H2,1-3H3/p+1/t19?,24-/m1/s1. The number of rotatable bonds is 9. The first kappa shape index (κ1) is 26.5. The molecule has 3 aromatic rings. The van der Waals surface area contributed by atoms with Crippen LogP contribution in [0.4, 0.5) is 0 Å². The molecule has 0 aliphatic carbocycles. The summed E-state index contributed by atoms with van der Waals surface area (Å²) in [6.45, 7) is 5.85. The molecule has 0 bridgehead atoms. The van der Waals surface area contributed by atoms with Crippen molar-refractivity contribution < 1.29 is 26.2 Å². The van der Waals surface area contributed by atoms with Gasteiger partial charge in [0, 0.05) is 35.9 Å². The van der Waals surface area contributed by atoms with E-state index in [-0.39, 0.29) is 24.7 Å². The number of benzene rings is 2. The number of imidazole rings is 1. The molecule has 0 radical (unpaired) electrons. The van der Waals surface area contributed by atoms with Crippen LogP contribution < -0.4 is 10.1 Å². The minimum absolute atomic E-state index is 0.0567. The van der Waals surface area contributed by atoms with E-state index in [4.69, 9.17) is 21.3 Å². The number of hydrogen-bond acceptors (Lipinski definition) is 5. The van der Waals surface area contributed by atoms with E-state index in [0.29, 0.717) is 40.8 Å². The summed E-state index contributed by atoms with van der Waals surface area (Å²) in [5.41, 5.74) is 3.45. The molecule has 1 amide bonds. The summed E-state index contributed by atoms with van der Waals surface area (Å²) in [4.78, 5) is 17.8. The summed E-state index contributed by atoms with van der Waals surface area (Å²) in [6, 6.07) is 14.6. The number of amides is 1. The summed E-state index contributed by atoms with van der Waals surface area (Å²) < 4.78 is 7.63. The van der Waals surface area contributed by atoms with Crippen molar-refractivity contribution in [2.45, 2.75) is 58.1 Å². The van der Waals surface area contributed by atoms with Gasteiger partial charge in [0.2, 0.25) is 0 Å². The average Bonchev–Trinajstić information content (AvgIpc) is 3.22. The lowest BCUT2D eigenvalue weighted by atomic mass is 10.0. The van der Waals surface area contributed by atoms with Crippen molar-refractivity contribution in [2.75, 3.05) is 6.61 Å². The Morgan fingerprint density at radius 2 is 2.05 bits per heavy atom. The summed E-state index contributed by atoms with van der Waals surface area (Å²) in [7, 11) is 0. The van der Waals surface area contributed by atoms with Crippen LogP contribution >= 0.6 is 0 Å². The van der Waals surface area contributed by atoms with Gasteiger partial charge in [-0.15, -0.1) is 0 Å². The second-order valence-electron chi connectivity index (χ2n) is 9.59. The molecule has 192 valence electrons. The molecule has 0 saturated carbocycles. The summed E-state index contributed by atoms with van der Waals surface area (Å²) in [5.74, 6) is 1.46. The third kappa shape index (κ3) is 6.04. The van der Waals surface area contributed by atoms with Crippen LogP contribution in [0.3, 0.4) is 0 Å². The second-order valence-corrected chi connectivity index (χ2v) is 9.98. The third-order valence-corrected chi connectivity index (χ3v) is 6.72. The number of hydrogen-bond donors (Lipinski definition) is 2. The average molecular weight is 520 g/mol. The fraction of sp³-hybridized carbons (Fsp3) is 0.345. The zero-order valence-electron chi connectivity index (χ0n) is 21.3. The molecule has 1 aromatic heterocycles. The quantitative estimate of drug-likeness (QED) is 0.430. The minimum Gasteiger partial charge on any atom is -0.490 e. The second kappa shape index (κ2) is 11.6. The number of nitriles is 1. The van der Waals surface area contributed by atoms with Crippen molar-refractivity contribution in [2.24, 2.45) is 0 Å². The van der Waals surface area contributed by atoms with Gasteiger partial charge >= 0.3 is 5.15 Å². The van der Waals surface area contributed by atoms with Gasteiger partial charge in [-0.3, -0.25) is 9.36 Å². The maximum Gasteiger partial charge on any atom is 0.330 e. The number of carbonyl (C=O) groups excluding carboxylic acids is 1. The van der Waals surface area contributed by atoms with Gasteiger partial charge in [-0.25, -0.2) is 4.98 Å². The maximum absolute atomic E-state index is 13.0. The highest BCUT2D eigenvalue weighted by atomic mass is 35.5. The van der Waals surface area contributed by atoms with Crippen molar-refractivity contribution >= 4 is 12.1 Å². The molecule has 2 atom stereocenters. The van der Waals surface area contributed by atoms with E-state index in [1.807, 2.05) is 48.9 Å². The molecule has 4 rings (SSSR count). The number of carbonyl (C=O) groups is 1. The van der Waals surface area contributed by atoms with Crippen LogP contribution in [0, 0.1) is 22.9 Å². The molecule has 1 unspecified atom stereocenters. The largest absolute Gasteiger partial charge is 0.490 e. The number of allylic oxidation sites excluding steroid dienone is 1. The summed E-state index contributed by atoms with van der Waals surface area (Å²) >= 11 is 5.67. The van der Waals surface area contributed by atoms with Crippen molar-refractivity contribution in [3.8, 4) is 23.1 Å². The molecule has 1 aliphatic rings. The van der Waals surface area contributed by atoms with Crippen molar-refractivity contribution in [1.29, 1.82) is 5.26 Å². The molecule has 0 fully saturated rings. The van der Waals surface area contributed by atoms with Crippen LogP contribution in [0.1, 0.15) is 66.8 Å². The van der Waals surface area contributed by atoms with Crippen molar-refractivity contribution in [3.63, 3.8) is 0 Å². The van der Waals surface area contributed by atoms with E-state index in [0.717, 1.165) is 29.1 Å². The first-order valence-corrected chi connectivity index (χ1v) is 12.9. The van der Waals surface area contributed by atoms with Crippen LogP contribution in [-0.4, -0.2) is 39.3 Å². The van der Waals surface area contributed by atoms with Gasteiger partial charge in [-0.05, 0) is 56.9 Å². The summed E-state index contributed by atoms with van der Waals surface area (Å²) in [5, 5.41) is 22.8. The predicted molar refractivity (Wildman–Crippen MR) is 140 cm³/mol. The summed E-state index contributed by atoms with van der Waals surface area (Å²) in [6.07, 6.45) is 5.94. The Morgan fingerprint density at radius 1 is 1.30 bits per heavy atom. The van der Waals surface area contributed by atoms with E-state index in [1.54, 1.807) is 12.1 Å². The molecular weight excluding hydrogens is 488 g/mol. The molecule has 37 heavy (non-hydrogen) atoms. The van der Waals surface area contributed by atoms with Gasteiger partial charge in [-0.1, -0.05) is 37.3 Å². The molecule has 1 aliphatic heterocycles. The number of nitrogens with one attached hydrogen (secondary N) is 1. The van der Waals surface area contributed by atoms with Gasteiger partial charge in [0.1, 0.15) is 17.6 Å². The van der Waals surface area contributed by atoms with Gasteiger partial charge in [0.05, 0.1) is 11.7 Å². The molecular formula is C29H32ClN4O3+. The topological polar surface area (TPSA) is 100 Å². The van der Waals surface area contributed by atoms with E-state index in [9.17, 15) is 15.2 Å². The lowest BCUT2D eigenvalue weighted by molar-refractivity contribution is -0.297. The van der Waals surface area contributed by atoms with Gasteiger partial charge < -0.3 is 15.2 Å². The maximum atomic E-state index is 13.0. The first-order valence-electron chi connectivity index (χ1n) is 12.5. The Labute approximate surface area is 222 Å². The SMILES string of the molecule is CC(C)Oc1ccc(C(=O)N[C@H](CCO)Cc2ccc(-c3nc4n(c3[ClH+])C=CCC4C)cc2)cc1C#N. The van der Waals surface area contributed by atoms with Crippen LogP contribution in [0.5, 0.6) is 5.75 Å². The lowest BCUT2D eigenvalue weighted by Crippen LogP contribution is -2.37. The predicted octanol–water partition coefficient (Wildman–Crippen LogP) is 4.61. The zero-order valence-corrected chi connectivity index (χ0v) is 22.1. The Morgan fingerprint density at radius 3 is 2.70 bits per heavy atom. The smallest absolute Gasteiger partial charge is 0.330 e. The molecule has 7 nitrogen and oxygen atoms in total. The highest BCUT2D eigenvalue weighted by Gasteiger charge is 2.26. The number of nitrogens with zero attached hydrogens (tertiary/aromatic N) is 3. The van der Waals surface area contributed by atoms with E-state index >= 15 is 0 Å². The van der Waals surface area contributed by atoms with Crippen LogP contribution in [0.15, 0.2) is 48.5 Å². The number of aliphatic hydroxyl groups is 1. The van der Waals surface area contributed by atoms with E-state index < -0.39 is 0 Å². The Kier molecular flexibility index (Phi) is 8.32. The number of ether oxygens (including phenoxy) is 1. The van der Waals surface area contributed by atoms with E-state index in [1.165, 1.54) is 6.07 Å². The zero-order chi connectivity index (χ0) is 26.5. The van der Waals surface area contributed by atoms with Crippen LogP contribution in [0.2, 0.25) is 5.15 Å². The number of aliphatic hydroxyl groups excluding tert-OH is 1. The molecule has 0 saturated heterocycles. The molecule has 2 heterocycles. The number of fused-ring (bicyclic) bond motifs is 1. The Bertz CT molecular complexity index is 1340. The van der Waals surface area contributed by atoms with Gasteiger partial charge in [-0.2, -0.15) is 5.26 Å². The van der Waals surface area contributed by atoms with Crippen LogP contribution in [0.25, 0.3) is 17.5 Å². The van der Waals surface area contributed by atoms with Crippen molar-refractivity contribution in [1.82, 2.24) is 14.9 Å². The van der Waals surface area contributed by atoms with E-state index in [2.05, 4.69) is 24.4 Å². The molecule has 2 N–H and O–H groups in total. The highest BCUT2D eigenvalue weighted by Crippen LogP contribution is 2.32. The number of aromatic nitrogens is 2. The fourth-order valence-electron chi connectivity index (χ4n) is 4.44. The Balaban J connectivity index is 1.47. The van der Waals surface area contributed by atoms with Gasteiger partial charge in [0.25, 0.3) is 5.91 Å². The Hall–Kier alpha value is -3.60. The van der Waals surface area contributed by atoms with Gasteiger partial charge in [0.15, 0.2) is 17.3 Å². The fourth-order valence-corrected chi connectivity index (χ4v) is 4.76. The third-order valence-electron chi connectivity index (χ3n) is 6.33. The molecule has 8 heteroatoms.